The van der Waals surface area contributed by atoms with Gasteiger partial charge >= 0.3 is 0 Å². The second kappa shape index (κ2) is 18.8. The smallest absolute Gasteiger partial charge is 0.243 e. The van der Waals surface area contributed by atoms with Crippen LogP contribution in [0.25, 0.3) is 0 Å². The molecule has 12 heteroatoms. The van der Waals surface area contributed by atoms with Crippen molar-refractivity contribution in [3.8, 4) is 0 Å². The molecule has 0 aromatic rings. The summed E-state index contributed by atoms with van der Waals surface area (Å²) < 4.78 is 0. The number of carbonyl (C=O) groups excluding carboxylic acids is 4. The van der Waals surface area contributed by atoms with Crippen LogP contribution < -0.4 is 43.4 Å². The van der Waals surface area contributed by atoms with Crippen LogP contribution >= 0.6 is 0 Å². The molecule has 0 heterocycles. The van der Waals surface area contributed by atoms with E-state index >= 15 is 0 Å². The highest BCUT2D eigenvalue weighted by molar-refractivity contribution is 5.92. The van der Waals surface area contributed by atoms with E-state index in [0.29, 0.717) is 50.9 Å². The molecule has 0 rings (SSSR count). The lowest BCUT2D eigenvalue weighted by molar-refractivity contribution is -0.131. The molecule has 2 atom stereocenters. The van der Waals surface area contributed by atoms with Crippen LogP contribution in [0.5, 0.6) is 0 Å². The summed E-state index contributed by atoms with van der Waals surface area (Å²) in [5.41, 5.74) is 11.6. The summed E-state index contributed by atoms with van der Waals surface area (Å²) in [7, 11) is 3.32. The number of unbranched alkanes of at least 4 members (excludes halogenated alkanes) is 2. The number of carbonyl (C=O) groups is 4. The third-order valence-corrected chi connectivity index (χ3v) is 4.79. The number of rotatable bonds is 19. The van der Waals surface area contributed by atoms with Crippen molar-refractivity contribution in [2.75, 3.05) is 46.8 Å². The Kier molecular flexibility index (Phi) is 17.3. The summed E-state index contributed by atoms with van der Waals surface area (Å²) >= 11 is 0. The summed E-state index contributed by atoms with van der Waals surface area (Å²) in [5, 5.41) is 16.1. The fraction of sp³-hybridized carbons (Fsp3) is 0.714. The van der Waals surface area contributed by atoms with Gasteiger partial charge in [0.25, 0.3) is 0 Å². The van der Waals surface area contributed by atoms with Crippen LogP contribution in [0.3, 0.4) is 0 Å². The lowest BCUT2D eigenvalue weighted by Crippen LogP contribution is -2.53. The highest BCUT2D eigenvalue weighted by atomic mass is 16.2. The summed E-state index contributed by atoms with van der Waals surface area (Å²) in [5.74, 6) is -1.65. The highest BCUT2D eigenvalue weighted by Gasteiger charge is 2.23. The SMILES string of the molecule is C=C(CNC(=O)[C@H](CCCCN)NC(=O)CNC(=O)[C@H](CCCCN)NC(=O)CNC)NC. The quantitative estimate of drug-likeness (QED) is 0.0941. The third kappa shape index (κ3) is 14.9. The number of nitrogens with two attached hydrogens (primary N) is 2. The Balaban J connectivity index is 4.86. The first-order chi connectivity index (χ1) is 15.8. The van der Waals surface area contributed by atoms with Crippen LogP contribution in [0.4, 0.5) is 0 Å². The Labute approximate surface area is 196 Å². The molecule has 12 nitrogen and oxygen atoms in total. The number of likely N-dealkylation sites (N-methyl/N-ethyl adjacent to an activating group) is 2. The van der Waals surface area contributed by atoms with Gasteiger partial charge in [-0.2, -0.15) is 0 Å². The third-order valence-electron chi connectivity index (χ3n) is 4.79. The summed E-state index contributed by atoms with van der Waals surface area (Å²) in [4.78, 5) is 49.4. The van der Waals surface area contributed by atoms with Gasteiger partial charge in [-0.25, -0.2) is 0 Å². The van der Waals surface area contributed by atoms with Gasteiger partial charge in [0, 0.05) is 12.7 Å². The minimum atomic E-state index is -0.776. The minimum Gasteiger partial charge on any atom is -0.390 e. The molecule has 0 radical (unpaired) electrons. The zero-order valence-corrected chi connectivity index (χ0v) is 19.9. The van der Waals surface area contributed by atoms with Crippen LogP contribution in [0.1, 0.15) is 38.5 Å². The van der Waals surface area contributed by atoms with Gasteiger partial charge in [-0.3, -0.25) is 19.2 Å². The molecule has 33 heavy (non-hydrogen) atoms. The molecule has 0 bridgehead atoms. The lowest BCUT2D eigenvalue weighted by atomic mass is 10.1. The van der Waals surface area contributed by atoms with E-state index in [0.717, 1.165) is 6.42 Å². The highest BCUT2D eigenvalue weighted by Crippen LogP contribution is 2.02. The molecule has 10 N–H and O–H groups in total. The van der Waals surface area contributed by atoms with Crippen molar-refractivity contribution in [1.82, 2.24) is 31.9 Å². The van der Waals surface area contributed by atoms with Gasteiger partial charge in [0.1, 0.15) is 12.1 Å². The second-order valence-electron chi connectivity index (χ2n) is 7.63. The Morgan fingerprint density at radius 1 is 0.727 bits per heavy atom. The molecule has 0 aliphatic heterocycles. The molecule has 0 saturated carbocycles. The number of hydrogen-bond acceptors (Lipinski definition) is 8. The van der Waals surface area contributed by atoms with Crippen molar-refractivity contribution in [2.24, 2.45) is 11.5 Å². The molecule has 4 amide bonds. The average Bonchev–Trinajstić information content (AvgIpc) is 2.79. The van der Waals surface area contributed by atoms with Crippen molar-refractivity contribution in [3.63, 3.8) is 0 Å². The van der Waals surface area contributed by atoms with Gasteiger partial charge in [0.2, 0.25) is 23.6 Å². The maximum Gasteiger partial charge on any atom is 0.243 e. The van der Waals surface area contributed by atoms with Crippen molar-refractivity contribution in [3.05, 3.63) is 12.3 Å². The predicted octanol–water partition coefficient (Wildman–Crippen LogP) is -2.60. The normalized spacial score (nSPS) is 12.2. The van der Waals surface area contributed by atoms with Crippen LogP contribution in [0, 0.1) is 0 Å². The zero-order valence-electron chi connectivity index (χ0n) is 19.9. The lowest BCUT2D eigenvalue weighted by Gasteiger charge is -2.20. The van der Waals surface area contributed by atoms with Crippen molar-refractivity contribution < 1.29 is 19.2 Å². The summed E-state index contributed by atoms with van der Waals surface area (Å²) in [6.07, 6.45) is 3.56. The monoisotopic (exact) mass is 470 g/mol. The van der Waals surface area contributed by atoms with E-state index in [4.69, 9.17) is 11.5 Å². The fourth-order valence-electron chi connectivity index (χ4n) is 2.87. The molecule has 0 aliphatic carbocycles. The molecule has 190 valence electrons. The summed E-state index contributed by atoms with van der Waals surface area (Å²) in [6, 6.07) is -1.54. The molecule has 0 aromatic carbocycles. The second-order valence-corrected chi connectivity index (χ2v) is 7.63. The Bertz CT molecular complexity index is 629. The van der Waals surface area contributed by atoms with Gasteiger partial charge in [0.05, 0.1) is 19.6 Å². The Morgan fingerprint density at radius 2 is 1.18 bits per heavy atom. The molecular formula is C21H42N8O4. The van der Waals surface area contributed by atoms with Crippen molar-refractivity contribution in [1.29, 1.82) is 0 Å². The molecule has 0 unspecified atom stereocenters. The first kappa shape index (κ1) is 30.3. The van der Waals surface area contributed by atoms with Crippen LogP contribution in [-0.4, -0.2) is 82.5 Å². The fourth-order valence-corrected chi connectivity index (χ4v) is 2.87. The van der Waals surface area contributed by atoms with Crippen molar-refractivity contribution >= 4 is 23.6 Å². The van der Waals surface area contributed by atoms with Crippen molar-refractivity contribution in [2.45, 2.75) is 50.6 Å². The first-order valence-electron chi connectivity index (χ1n) is 11.3. The molecule has 0 fully saturated rings. The van der Waals surface area contributed by atoms with E-state index in [1.807, 2.05) is 0 Å². The number of amides is 4. The van der Waals surface area contributed by atoms with Gasteiger partial charge in [-0.05, 0) is 58.7 Å². The maximum atomic E-state index is 12.6. The number of nitrogens with one attached hydrogen (secondary N) is 6. The molecule has 0 spiro atoms. The van der Waals surface area contributed by atoms with E-state index in [9.17, 15) is 19.2 Å². The summed E-state index contributed by atoms with van der Waals surface area (Å²) in [6.45, 7) is 4.69. The standard InChI is InChI=1S/C21H42N8O4/c1-15(25-3)12-26-20(32)16(8-4-6-10-22)29-19(31)14-27-21(33)17(9-5-7-11-23)28-18(30)13-24-2/h16-17,24-25H,1,4-14,22-23H2,2-3H3,(H,26,32)(H,27,33)(H,28,30)(H,29,31)/t16-,17-/m0/s1. The molecule has 0 aliphatic rings. The minimum absolute atomic E-state index is 0.0702. The number of hydrogen-bond donors (Lipinski definition) is 8. The first-order valence-corrected chi connectivity index (χ1v) is 11.3. The maximum absolute atomic E-state index is 12.6. The van der Waals surface area contributed by atoms with E-state index in [-0.39, 0.29) is 31.4 Å². The Morgan fingerprint density at radius 3 is 1.61 bits per heavy atom. The van der Waals surface area contributed by atoms with Crippen LogP contribution in [0.2, 0.25) is 0 Å². The predicted molar refractivity (Wildman–Crippen MR) is 128 cm³/mol. The Hall–Kier alpha value is -2.70. The van der Waals surface area contributed by atoms with Gasteiger partial charge in [-0.1, -0.05) is 6.58 Å². The largest absolute Gasteiger partial charge is 0.390 e. The average molecular weight is 471 g/mol. The van der Waals surface area contributed by atoms with E-state index in [2.05, 4.69) is 38.5 Å². The van der Waals surface area contributed by atoms with E-state index < -0.39 is 23.9 Å². The van der Waals surface area contributed by atoms with E-state index in [1.165, 1.54) is 0 Å². The van der Waals surface area contributed by atoms with Crippen LogP contribution in [-0.2, 0) is 19.2 Å². The van der Waals surface area contributed by atoms with Gasteiger partial charge in [-0.15, -0.1) is 0 Å². The molecular weight excluding hydrogens is 428 g/mol. The molecule has 0 saturated heterocycles. The molecule has 0 aromatic heterocycles. The van der Waals surface area contributed by atoms with Crippen LogP contribution in [0.15, 0.2) is 12.3 Å². The van der Waals surface area contributed by atoms with E-state index in [1.54, 1.807) is 14.1 Å². The topological polar surface area (TPSA) is 192 Å². The van der Waals surface area contributed by atoms with Gasteiger partial charge in [0.15, 0.2) is 0 Å². The zero-order chi connectivity index (χ0) is 25.1. The van der Waals surface area contributed by atoms with Gasteiger partial charge < -0.3 is 43.4 Å².